The molecule has 0 atom stereocenters. The quantitative estimate of drug-likeness (QED) is 0.583. The number of hydrogen-bond donors (Lipinski definition) is 1. The minimum absolute atomic E-state index is 0.0105. The molecule has 0 amide bonds. The van der Waals surface area contributed by atoms with Crippen molar-refractivity contribution in [3.8, 4) is 17.2 Å². The first kappa shape index (κ1) is 20.4. The van der Waals surface area contributed by atoms with Gasteiger partial charge in [0.25, 0.3) is 0 Å². The Kier molecular flexibility index (Phi) is 5.57. The molecule has 0 unspecified atom stereocenters. The average molecular weight is 394 g/mol. The largest absolute Gasteiger partial charge is 0.502 e. The fourth-order valence-corrected chi connectivity index (χ4v) is 2.24. The Morgan fingerprint density at radius 2 is 1.56 bits per heavy atom. The first-order valence-electron chi connectivity index (χ1n) is 7.23. The molecule has 0 aromatic heterocycles. The number of alkyl halides is 6. The Morgan fingerprint density at radius 3 is 2.00 bits per heavy atom. The van der Waals surface area contributed by atoms with Gasteiger partial charge >= 0.3 is 12.4 Å². The van der Waals surface area contributed by atoms with E-state index >= 15 is 0 Å². The number of hydrogen-bond acceptors (Lipinski definition) is 4. The monoisotopic (exact) mass is 394 g/mol. The molecule has 0 aliphatic rings. The van der Waals surface area contributed by atoms with E-state index in [2.05, 4.69) is 0 Å². The molecule has 0 aliphatic heterocycles. The molecule has 0 aliphatic carbocycles. The summed E-state index contributed by atoms with van der Waals surface area (Å²) >= 11 is 0. The van der Waals surface area contributed by atoms with Crippen molar-refractivity contribution in [2.45, 2.75) is 19.0 Å². The van der Waals surface area contributed by atoms with Gasteiger partial charge in [0.1, 0.15) is 6.61 Å². The summed E-state index contributed by atoms with van der Waals surface area (Å²) in [7, 11) is 1.21. The molecule has 0 radical (unpaired) electrons. The third kappa shape index (κ3) is 4.63. The molecule has 2 rings (SSSR count). The second-order valence-corrected chi connectivity index (χ2v) is 5.36. The number of carbonyl (C=O) groups excluding carboxylic acids is 1. The van der Waals surface area contributed by atoms with Gasteiger partial charge in [-0.3, -0.25) is 4.79 Å². The molecule has 146 valence electrons. The minimum atomic E-state index is -5.00. The smallest absolute Gasteiger partial charge is 0.416 e. The fraction of sp³-hybridized carbons (Fsp3) is 0.235. The van der Waals surface area contributed by atoms with Crippen molar-refractivity contribution in [3.05, 3.63) is 52.6 Å². The lowest BCUT2D eigenvalue weighted by molar-refractivity contribution is -0.143. The molecule has 10 heteroatoms. The van der Waals surface area contributed by atoms with E-state index in [1.165, 1.54) is 19.2 Å². The predicted molar refractivity (Wildman–Crippen MR) is 80.8 cm³/mol. The maximum atomic E-state index is 12.9. The Hall–Kier alpha value is -2.91. The van der Waals surface area contributed by atoms with Crippen molar-refractivity contribution in [1.82, 2.24) is 0 Å². The fourth-order valence-electron chi connectivity index (χ4n) is 2.24. The number of aldehydes is 1. The standard InChI is InChI=1S/C17H12F6O4/c1-26-13-3-2-10(7-24)15(14(13)25)27-8-9-4-11(16(18,19)20)6-12(5-9)17(21,22)23/h2-7,25H,8H2,1H3. The van der Waals surface area contributed by atoms with Gasteiger partial charge in [-0.1, -0.05) is 0 Å². The van der Waals surface area contributed by atoms with E-state index in [4.69, 9.17) is 9.47 Å². The molecule has 2 aromatic rings. The van der Waals surface area contributed by atoms with Crippen LogP contribution in [0.15, 0.2) is 30.3 Å². The Balaban J connectivity index is 2.43. The number of aromatic hydroxyl groups is 1. The van der Waals surface area contributed by atoms with Gasteiger partial charge in [0, 0.05) is 0 Å². The van der Waals surface area contributed by atoms with E-state index in [0.29, 0.717) is 18.4 Å². The third-order valence-electron chi connectivity index (χ3n) is 3.50. The van der Waals surface area contributed by atoms with Crippen LogP contribution in [0.4, 0.5) is 26.3 Å². The van der Waals surface area contributed by atoms with E-state index in [-0.39, 0.29) is 17.4 Å². The van der Waals surface area contributed by atoms with Gasteiger partial charge in [-0.25, -0.2) is 0 Å². The van der Waals surface area contributed by atoms with Gasteiger partial charge in [-0.15, -0.1) is 0 Å². The molecule has 4 nitrogen and oxygen atoms in total. The van der Waals surface area contributed by atoms with Crippen LogP contribution in [0.1, 0.15) is 27.0 Å². The molecule has 1 N–H and O–H groups in total. The number of halogens is 6. The average Bonchev–Trinajstić information content (AvgIpc) is 2.58. The van der Waals surface area contributed by atoms with Crippen molar-refractivity contribution in [1.29, 1.82) is 0 Å². The van der Waals surface area contributed by atoms with E-state index in [1.54, 1.807) is 0 Å². The zero-order valence-electron chi connectivity index (χ0n) is 13.6. The maximum absolute atomic E-state index is 12.9. The van der Waals surface area contributed by atoms with Crippen LogP contribution in [0.2, 0.25) is 0 Å². The topological polar surface area (TPSA) is 55.8 Å². The van der Waals surface area contributed by atoms with E-state index < -0.39 is 47.1 Å². The first-order chi connectivity index (χ1) is 12.5. The lowest BCUT2D eigenvalue weighted by Crippen LogP contribution is -2.12. The van der Waals surface area contributed by atoms with Crippen molar-refractivity contribution in [3.63, 3.8) is 0 Å². The Bertz CT molecular complexity index is 810. The van der Waals surface area contributed by atoms with Gasteiger partial charge < -0.3 is 14.6 Å². The van der Waals surface area contributed by atoms with E-state index in [1.807, 2.05) is 0 Å². The summed E-state index contributed by atoms with van der Waals surface area (Å²) in [6.45, 7) is -0.755. The molecular formula is C17H12F6O4. The summed E-state index contributed by atoms with van der Waals surface area (Å²) in [5.41, 5.74) is -3.60. The summed E-state index contributed by atoms with van der Waals surface area (Å²) in [5, 5.41) is 9.98. The number of rotatable bonds is 5. The van der Waals surface area contributed by atoms with Crippen molar-refractivity contribution < 1.29 is 45.7 Å². The van der Waals surface area contributed by atoms with Crippen LogP contribution in [0.3, 0.4) is 0 Å². The molecule has 0 saturated carbocycles. The second-order valence-electron chi connectivity index (χ2n) is 5.36. The first-order valence-corrected chi connectivity index (χ1v) is 7.23. The number of carbonyl (C=O) groups is 1. The minimum Gasteiger partial charge on any atom is -0.502 e. The van der Waals surface area contributed by atoms with Gasteiger partial charge in [-0.2, -0.15) is 26.3 Å². The van der Waals surface area contributed by atoms with Gasteiger partial charge in [0.05, 0.1) is 23.8 Å². The molecule has 0 fully saturated rings. The summed E-state index contributed by atoms with van der Waals surface area (Å²) < 4.78 is 87.2. The Labute approximate surface area is 148 Å². The van der Waals surface area contributed by atoms with Crippen LogP contribution < -0.4 is 9.47 Å². The third-order valence-corrected chi connectivity index (χ3v) is 3.50. The molecular weight excluding hydrogens is 382 g/mol. The highest BCUT2D eigenvalue weighted by molar-refractivity contribution is 5.82. The highest BCUT2D eigenvalue weighted by atomic mass is 19.4. The van der Waals surface area contributed by atoms with Crippen LogP contribution in [-0.4, -0.2) is 18.5 Å². The lowest BCUT2D eigenvalue weighted by Gasteiger charge is -2.16. The second kappa shape index (κ2) is 7.37. The van der Waals surface area contributed by atoms with Gasteiger partial charge in [-0.05, 0) is 35.9 Å². The summed E-state index contributed by atoms with van der Waals surface area (Å²) in [5.74, 6) is -1.11. The van der Waals surface area contributed by atoms with Gasteiger partial charge in [0.15, 0.2) is 17.8 Å². The van der Waals surface area contributed by atoms with Crippen LogP contribution in [0.5, 0.6) is 17.2 Å². The molecule has 0 spiro atoms. The molecule has 27 heavy (non-hydrogen) atoms. The summed E-state index contributed by atoms with van der Waals surface area (Å²) in [4.78, 5) is 11.0. The Morgan fingerprint density at radius 1 is 1.00 bits per heavy atom. The van der Waals surface area contributed by atoms with E-state index in [9.17, 15) is 36.2 Å². The van der Waals surface area contributed by atoms with E-state index in [0.717, 1.165) is 0 Å². The van der Waals surface area contributed by atoms with Crippen LogP contribution in [0, 0.1) is 0 Å². The normalized spacial score (nSPS) is 12.0. The summed E-state index contributed by atoms with van der Waals surface area (Å²) in [6, 6.07) is 3.44. The number of ether oxygens (including phenoxy) is 2. The number of phenolic OH excluding ortho intramolecular Hbond substituents is 1. The highest BCUT2D eigenvalue weighted by Crippen LogP contribution is 2.40. The van der Waals surface area contributed by atoms with Crippen LogP contribution in [0.25, 0.3) is 0 Å². The number of methoxy groups -OCH3 is 1. The zero-order chi connectivity index (χ0) is 20.4. The lowest BCUT2D eigenvalue weighted by atomic mass is 10.1. The molecule has 2 aromatic carbocycles. The zero-order valence-corrected chi connectivity index (χ0v) is 13.6. The molecule has 0 saturated heterocycles. The van der Waals surface area contributed by atoms with Crippen molar-refractivity contribution in [2.75, 3.05) is 7.11 Å². The molecule has 0 bridgehead atoms. The SMILES string of the molecule is COc1ccc(C=O)c(OCc2cc(C(F)(F)F)cc(C(F)(F)F)c2)c1O. The predicted octanol–water partition coefficient (Wildman–Crippen LogP) is 4.83. The van der Waals surface area contributed by atoms with Crippen LogP contribution in [-0.2, 0) is 19.0 Å². The van der Waals surface area contributed by atoms with Gasteiger partial charge in [0.2, 0.25) is 5.75 Å². The maximum Gasteiger partial charge on any atom is 0.416 e. The number of benzene rings is 2. The summed E-state index contributed by atoms with van der Waals surface area (Å²) in [6.07, 6.45) is -9.69. The number of phenols is 1. The van der Waals surface area contributed by atoms with Crippen LogP contribution >= 0.6 is 0 Å². The highest BCUT2D eigenvalue weighted by Gasteiger charge is 2.37. The molecule has 0 heterocycles. The van der Waals surface area contributed by atoms with Crippen molar-refractivity contribution >= 4 is 6.29 Å². The van der Waals surface area contributed by atoms with Crippen molar-refractivity contribution in [2.24, 2.45) is 0 Å².